The zero-order chi connectivity index (χ0) is 20.1. The largest absolute Gasteiger partial charge is 0.340 e. The molecule has 148 valence electrons. The number of carbonyl (C=O) groups is 2. The molecule has 0 saturated carbocycles. The molecule has 0 aromatic heterocycles. The molecule has 2 amide bonds. The van der Waals surface area contributed by atoms with Crippen LogP contribution in [-0.2, 0) is 9.59 Å². The number of hydrogen-bond acceptors (Lipinski definition) is 2. The summed E-state index contributed by atoms with van der Waals surface area (Å²) < 4.78 is 0. The number of hydrogen-bond donors (Lipinski definition) is 0. The van der Waals surface area contributed by atoms with Crippen LogP contribution in [0.3, 0.4) is 0 Å². The van der Waals surface area contributed by atoms with Crippen LogP contribution in [0.25, 0.3) is 0 Å². The highest BCUT2D eigenvalue weighted by Crippen LogP contribution is 2.27. The van der Waals surface area contributed by atoms with Gasteiger partial charge in [-0.25, -0.2) is 0 Å². The van der Waals surface area contributed by atoms with E-state index in [1.54, 1.807) is 0 Å². The molecule has 0 radical (unpaired) electrons. The summed E-state index contributed by atoms with van der Waals surface area (Å²) in [5.74, 6) is -0.0424. The molecular weight excluding hydrogens is 348 g/mol. The van der Waals surface area contributed by atoms with Crippen LogP contribution in [0, 0.1) is 5.41 Å². The molecule has 0 atom stereocenters. The van der Waals surface area contributed by atoms with Gasteiger partial charge in [0.25, 0.3) is 0 Å². The molecule has 1 saturated heterocycles. The first-order chi connectivity index (χ1) is 13.4. The van der Waals surface area contributed by atoms with Crippen LogP contribution in [0.4, 0.5) is 0 Å². The molecule has 0 spiro atoms. The van der Waals surface area contributed by atoms with Crippen molar-refractivity contribution in [2.24, 2.45) is 5.41 Å². The van der Waals surface area contributed by atoms with Crippen molar-refractivity contribution in [3.8, 4) is 0 Å². The Balaban J connectivity index is 1.81. The van der Waals surface area contributed by atoms with Gasteiger partial charge in [0.2, 0.25) is 11.8 Å². The Hall–Kier alpha value is -2.62. The highest BCUT2D eigenvalue weighted by Gasteiger charge is 2.32. The average molecular weight is 379 g/mol. The van der Waals surface area contributed by atoms with Crippen molar-refractivity contribution in [3.05, 3.63) is 71.8 Å². The lowest BCUT2D eigenvalue weighted by atomic mass is 9.90. The average Bonchev–Trinajstić information content (AvgIpc) is 2.94. The van der Waals surface area contributed by atoms with Gasteiger partial charge in [0.1, 0.15) is 0 Å². The maximum Gasteiger partial charge on any atom is 0.234 e. The molecule has 28 heavy (non-hydrogen) atoms. The van der Waals surface area contributed by atoms with E-state index >= 15 is 0 Å². The minimum absolute atomic E-state index is 0.113. The van der Waals surface area contributed by atoms with E-state index in [1.165, 1.54) is 0 Å². The van der Waals surface area contributed by atoms with E-state index in [0.717, 1.165) is 17.5 Å². The van der Waals surface area contributed by atoms with Gasteiger partial charge in [-0.15, -0.1) is 0 Å². The molecule has 0 N–H and O–H groups in total. The first-order valence-electron chi connectivity index (χ1n) is 10.1. The Bertz CT molecular complexity index is 757. The van der Waals surface area contributed by atoms with Crippen molar-refractivity contribution in [2.75, 3.05) is 26.2 Å². The third kappa shape index (κ3) is 4.61. The summed E-state index contributed by atoms with van der Waals surface area (Å²) in [6, 6.07) is 19.9. The van der Waals surface area contributed by atoms with Crippen molar-refractivity contribution in [3.63, 3.8) is 0 Å². The Morgan fingerprint density at radius 2 is 1.21 bits per heavy atom. The molecule has 2 aromatic rings. The van der Waals surface area contributed by atoms with Crippen molar-refractivity contribution < 1.29 is 9.59 Å². The van der Waals surface area contributed by atoms with Crippen LogP contribution in [0.5, 0.6) is 0 Å². The minimum Gasteiger partial charge on any atom is -0.340 e. The van der Waals surface area contributed by atoms with Gasteiger partial charge in [0.15, 0.2) is 0 Å². The van der Waals surface area contributed by atoms with Crippen LogP contribution in [0.15, 0.2) is 60.7 Å². The Morgan fingerprint density at radius 3 is 1.71 bits per heavy atom. The second kappa shape index (κ2) is 8.59. The van der Waals surface area contributed by atoms with E-state index in [0.29, 0.717) is 26.2 Å². The van der Waals surface area contributed by atoms with Gasteiger partial charge in [0, 0.05) is 31.6 Å². The van der Waals surface area contributed by atoms with Gasteiger partial charge >= 0.3 is 0 Å². The molecule has 1 fully saturated rings. The quantitative estimate of drug-likeness (QED) is 0.812. The highest BCUT2D eigenvalue weighted by atomic mass is 16.2. The van der Waals surface area contributed by atoms with Gasteiger partial charge in [-0.05, 0) is 17.5 Å². The number of rotatable bonds is 3. The summed E-state index contributed by atoms with van der Waals surface area (Å²) in [6.45, 7) is 8.41. The highest BCUT2D eigenvalue weighted by molar-refractivity contribution is 5.87. The Labute approximate surface area is 168 Å². The minimum atomic E-state index is -0.393. The van der Waals surface area contributed by atoms with Crippen molar-refractivity contribution in [1.29, 1.82) is 0 Å². The molecule has 0 unspecified atom stereocenters. The summed E-state index contributed by atoms with van der Waals surface area (Å²) in [6.07, 6.45) is 0.809. The lowest BCUT2D eigenvalue weighted by molar-refractivity contribution is -0.140. The summed E-state index contributed by atoms with van der Waals surface area (Å²) >= 11 is 0. The van der Waals surface area contributed by atoms with Gasteiger partial charge in [0.05, 0.1) is 5.92 Å². The second-order valence-corrected chi connectivity index (χ2v) is 8.48. The summed E-state index contributed by atoms with van der Waals surface area (Å²) in [5.41, 5.74) is 1.62. The first-order valence-corrected chi connectivity index (χ1v) is 10.1. The SMILES string of the molecule is CC(C)(C)C(=O)N1CCCN(C(=O)C(c2ccccc2)c2ccccc2)CC1. The third-order valence-electron chi connectivity index (χ3n) is 5.25. The van der Waals surface area contributed by atoms with Crippen LogP contribution in [0.1, 0.15) is 44.2 Å². The van der Waals surface area contributed by atoms with E-state index in [1.807, 2.05) is 91.2 Å². The number of amides is 2. The zero-order valence-corrected chi connectivity index (χ0v) is 17.1. The predicted molar refractivity (Wildman–Crippen MR) is 112 cm³/mol. The number of nitrogens with zero attached hydrogens (tertiary/aromatic N) is 2. The molecule has 0 aliphatic carbocycles. The van der Waals surface area contributed by atoms with Gasteiger partial charge in [-0.2, -0.15) is 0 Å². The molecule has 1 heterocycles. The van der Waals surface area contributed by atoms with E-state index in [-0.39, 0.29) is 17.7 Å². The van der Waals surface area contributed by atoms with Crippen LogP contribution < -0.4 is 0 Å². The fraction of sp³-hybridized carbons (Fsp3) is 0.417. The van der Waals surface area contributed by atoms with Crippen molar-refractivity contribution in [2.45, 2.75) is 33.1 Å². The van der Waals surface area contributed by atoms with Crippen LogP contribution >= 0.6 is 0 Å². The summed E-state index contributed by atoms with van der Waals surface area (Å²) in [5, 5.41) is 0. The van der Waals surface area contributed by atoms with Crippen molar-refractivity contribution in [1.82, 2.24) is 9.80 Å². The third-order valence-corrected chi connectivity index (χ3v) is 5.25. The topological polar surface area (TPSA) is 40.6 Å². The molecule has 1 aliphatic rings. The Kier molecular flexibility index (Phi) is 6.18. The molecule has 3 rings (SSSR count). The van der Waals surface area contributed by atoms with Gasteiger partial charge in [-0.3, -0.25) is 9.59 Å². The van der Waals surface area contributed by atoms with E-state index in [4.69, 9.17) is 0 Å². The summed E-state index contributed by atoms with van der Waals surface area (Å²) in [7, 11) is 0. The van der Waals surface area contributed by atoms with Crippen LogP contribution in [0.2, 0.25) is 0 Å². The zero-order valence-electron chi connectivity index (χ0n) is 17.1. The summed E-state index contributed by atoms with van der Waals surface area (Å²) in [4.78, 5) is 30.0. The standard InChI is InChI=1S/C24H30N2O2/c1-24(2,3)23(28)26-16-10-15-25(17-18-26)22(27)21(19-11-6-4-7-12-19)20-13-8-5-9-14-20/h4-9,11-14,21H,10,15-18H2,1-3H3. The molecule has 4 heteroatoms. The van der Waals surface area contributed by atoms with Crippen LogP contribution in [-0.4, -0.2) is 47.8 Å². The maximum absolute atomic E-state index is 13.5. The Morgan fingerprint density at radius 1 is 0.750 bits per heavy atom. The van der Waals surface area contributed by atoms with E-state index in [9.17, 15) is 9.59 Å². The normalized spacial score (nSPS) is 15.4. The molecule has 2 aromatic carbocycles. The molecular formula is C24H30N2O2. The number of carbonyl (C=O) groups excluding carboxylic acids is 2. The maximum atomic E-state index is 13.5. The van der Waals surface area contributed by atoms with E-state index < -0.39 is 5.41 Å². The fourth-order valence-electron chi connectivity index (χ4n) is 3.77. The molecule has 4 nitrogen and oxygen atoms in total. The van der Waals surface area contributed by atoms with Gasteiger partial charge < -0.3 is 9.80 Å². The fourth-order valence-corrected chi connectivity index (χ4v) is 3.77. The smallest absolute Gasteiger partial charge is 0.234 e. The van der Waals surface area contributed by atoms with E-state index in [2.05, 4.69) is 0 Å². The molecule has 0 bridgehead atoms. The number of benzene rings is 2. The first kappa shape index (κ1) is 20.1. The predicted octanol–water partition coefficient (Wildman–Crippen LogP) is 3.93. The monoisotopic (exact) mass is 378 g/mol. The molecule has 1 aliphatic heterocycles. The van der Waals surface area contributed by atoms with Crippen molar-refractivity contribution >= 4 is 11.8 Å². The lowest BCUT2D eigenvalue weighted by Crippen LogP contribution is -2.43. The lowest BCUT2D eigenvalue weighted by Gasteiger charge is -2.29. The van der Waals surface area contributed by atoms with Gasteiger partial charge in [-0.1, -0.05) is 81.4 Å². The second-order valence-electron chi connectivity index (χ2n) is 8.48.